The molecule has 1 aliphatic rings. The molecule has 1 amide bonds. The number of carbonyl (C=O) groups excluding carboxylic acids is 1. The number of likely N-dealkylation sites (N-methyl/N-ethyl adjacent to an activating group) is 1. The number of hydrogen-bond donors (Lipinski definition) is 1. The molecule has 3 aromatic rings. The lowest BCUT2D eigenvalue weighted by Gasteiger charge is -2.12. The Morgan fingerprint density at radius 2 is 1.85 bits per heavy atom. The quantitative estimate of drug-likeness (QED) is 0.749. The summed E-state index contributed by atoms with van der Waals surface area (Å²) in [7, 11) is -0.643. The summed E-state index contributed by atoms with van der Waals surface area (Å²) in [5.41, 5.74) is 2.55. The maximum absolute atomic E-state index is 12.7. The van der Waals surface area contributed by atoms with Gasteiger partial charge in [-0.15, -0.1) is 0 Å². The number of anilines is 2. The van der Waals surface area contributed by atoms with Crippen molar-refractivity contribution < 1.29 is 17.6 Å². The van der Waals surface area contributed by atoms with Crippen molar-refractivity contribution >= 4 is 38.4 Å². The summed E-state index contributed by atoms with van der Waals surface area (Å²) in [4.78, 5) is 24.9. The Hall–Kier alpha value is -3.07. The van der Waals surface area contributed by atoms with Gasteiger partial charge in [0.05, 0.1) is 22.5 Å². The molecular formula is C17H15N3O5S. The zero-order valence-corrected chi connectivity index (χ0v) is 14.8. The highest BCUT2D eigenvalue weighted by molar-refractivity contribution is 7.92. The Bertz CT molecular complexity index is 1220. The van der Waals surface area contributed by atoms with Crippen LogP contribution in [0, 0.1) is 0 Å². The number of aryl methyl sites for hydroxylation is 1. The number of benzene rings is 2. The van der Waals surface area contributed by atoms with Gasteiger partial charge >= 0.3 is 5.76 Å². The van der Waals surface area contributed by atoms with Crippen molar-refractivity contribution in [3.8, 4) is 0 Å². The average Bonchev–Trinajstić information content (AvgIpc) is 3.04. The van der Waals surface area contributed by atoms with E-state index in [-0.39, 0.29) is 17.2 Å². The predicted octanol–water partition coefficient (Wildman–Crippen LogP) is 1.45. The second-order valence-corrected chi connectivity index (χ2v) is 7.82. The standard InChI is InChI=1S/C17H15N3O5S/c1-19-13-5-4-12(7-10(13)8-16(19)21)26(23,24)18-11-3-6-15-14(9-11)20(2)17(22)25-15/h3-7,9,18H,8H2,1-2H3. The van der Waals surface area contributed by atoms with Crippen molar-refractivity contribution in [1.82, 2.24) is 4.57 Å². The van der Waals surface area contributed by atoms with Crippen LogP contribution >= 0.6 is 0 Å². The van der Waals surface area contributed by atoms with Gasteiger partial charge < -0.3 is 9.32 Å². The number of hydrogen-bond acceptors (Lipinski definition) is 5. The molecule has 26 heavy (non-hydrogen) atoms. The number of nitrogens with one attached hydrogen (secondary N) is 1. The molecule has 134 valence electrons. The lowest BCUT2D eigenvalue weighted by atomic mass is 10.2. The topological polar surface area (TPSA) is 102 Å². The summed E-state index contributed by atoms with van der Waals surface area (Å²) in [6.45, 7) is 0. The Labute approximate surface area is 148 Å². The smallest absolute Gasteiger partial charge is 0.408 e. The monoisotopic (exact) mass is 373 g/mol. The van der Waals surface area contributed by atoms with Gasteiger partial charge in [0, 0.05) is 19.8 Å². The van der Waals surface area contributed by atoms with Gasteiger partial charge in [-0.1, -0.05) is 0 Å². The molecule has 0 atom stereocenters. The molecule has 4 rings (SSSR count). The molecule has 1 aliphatic heterocycles. The largest absolute Gasteiger partial charge is 0.419 e. The number of aromatic nitrogens is 1. The molecule has 0 bridgehead atoms. The second-order valence-electron chi connectivity index (χ2n) is 6.14. The van der Waals surface area contributed by atoms with E-state index in [0.29, 0.717) is 28.0 Å². The van der Waals surface area contributed by atoms with Gasteiger partial charge in [0.1, 0.15) is 0 Å². The van der Waals surface area contributed by atoms with E-state index in [9.17, 15) is 18.0 Å². The van der Waals surface area contributed by atoms with E-state index >= 15 is 0 Å². The van der Waals surface area contributed by atoms with Crippen molar-refractivity contribution in [2.45, 2.75) is 11.3 Å². The third kappa shape index (κ3) is 2.48. The van der Waals surface area contributed by atoms with E-state index < -0.39 is 15.8 Å². The van der Waals surface area contributed by atoms with Gasteiger partial charge in [-0.2, -0.15) is 0 Å². The maximum Gasteiger partial charge on any atom is 0.419 e. The molecule has 2 aromatic carbocycles. The molecule has 0 spiro atoms. The van der Waals surface area contributed by atoms with E-state index in [4.69, 9.17) is 4.42 Å². The summed E-state index contributed by atoms with van der Waals surface area (Å²) in [6.07, 6.45) is 0.179. The highest BCUT2D eigenvalue weighted by atomic mass is 32.2. The first-order valence-corrected chi connectivity index (χ1v) is 9.26. The summed E-state index contributed by atoms with van der Waals surface area (Å²) in [5, 5.41) is 0. The molecule has 2 heterocycles. The molecule has 0 aliphatic carbocycles. The zero-order valence-electron chi connectivity index (χ0n) is 14.0. The maximum atomic E-state index is 12.7. The Morgan fingerprint density at radius 1 is 1.08 bits per heavy atom. The fourth-order valence-electron chi connectivity index (χ4n) is 3.02. The van der Waals surface area contributed by atoms with Crippen LogP contribution in [0.5, 0.6) is 0 Å². The van der Waals surface area contributed by atoms with Gasteiger partial charge in [0.15, 0.2) is 5.58 Å². The summed E-state index contributed by atoms with van der Waals surface area (Å²) in [5.74, 6) is -0.596. The normalized spacial score (nSPS) is 14.1. The minimum Gasteiger partial charge on any atom is -0.408 e. The van der Waals surface area contributed by atoms with E-state index in [2.05, 4.69) is 4.72 Å². The van der Waals surface area contributed by atoms with Crippen LogP contribution in [0.2, 0.25) is 0 Å². The lowest BCUT2D eigenvalue weighted by Crippen LogP contribution is -2.20. The number of fused-ring (bicyclic) bond motifs is 2. The molecule has 0 unspecified atom stereocenters. The van der Waals surface area contributed by atoms with Crippen LogP contribution < -0.4 is 15.4 Å². The average molecular weight is 373 g/mol. The first-order chi connectivity index (χ1) is 12.3. The van der Waals surface area contributed by atoms with E-state index in [1.165, 1.54) is 39.8 Å². The van der Waals surface area contributed by atoms with Crippen LogP contribution in [0.1, 0.15) is 5.56 Å². The van der Waals surface area contributed by atoms with Gasteiger partial charge in [-0.05, 0) is 42.0 Å². The fourth-order valence-corrected chi connectivity index (χ4v) is 4.12. The molecule has 0 fully saturated rings. The number of carbonyl (C=O) groups is 1. The van der Waals surface area contributed by atoms with Crippen LogP contribution in [-0.4, -0.2) is 25.9 Å². The Balaban J connectivity index is 1.70. The van der Waals surface area contributed by atoms with Crippen molar-refractivity contribution in [2.24, 2.45) is 7.05 Å². The van der Waals surface area contributed by atoms with E-state index in [1.54, 1.807) is 20.2 Å². The number of oxazole rings is 1. The van der Waals surface area contributed by atoms with Crippen LogP contribution in [0.3, 0.4) is 0 Å². The van der Waals surface area contributed by atoms with Crippen LogP contribution in [0.15, 0.2) is 50.5 Å². The minimum absolute atomic E-state index is 0.0699. The van der Waals surface area contributed by atoms with Crippen LogP contribution in [0.4, 0.5) is 11.4 Å². The Morgan fingerprint density at radius 3 is 2.62 bits per heavy atom. The molecule has 8 nitrogen and oxygen atoms in total. The van der Waals surface area contributed by atoms with Crippen molar-refractivity contribution in [3.63, 3.8) is 0 Å². The molecule has 0 saturated heterocycles. The highest BCUT2D eigenvalue weighted by Crippen LogP contribution is 2.30. The zero-order chi connectivity index (χ0) is 18.6. The number of sulfonamides is 1. The van der Waals surface area contributed by atoms with Crippen LogP contribution in [0.25, 0.3) is 11.1 Å². The van der Waals surface area contributed by atoms with E-state index in [0.717, 1.165) is 0 Å². The first kappa shape index (κ1) is 16.4. The van der Waals surface area contributed by atoms with Crippen molar-refractivity contribution in [2.75, 3.05) is 16.7 Å². The second kappa shape index (κ2) is 5.46. The summed E-state index contributed by atoms with van der Waals surface area (Å²) < 4.78 is 34.2. The lowest BCUT2D eigenvalue weighted by molar-refractivity contribution is -0.117. The predicted molar refractivity (Wildman–Crippen MR) is 95.8 cm³/mol. The molecule has 0 saturated carbocycles. The number of amides is 1. The van der Waals surface area contributed by atoms with Crippen LogP contribution in [-0.2, 0) is 28.3 Å². The SMILES string of the molecule is CN1C(=O)Cc2cc(S(=O)(=O)Nc3ccc4oc(=O)n(C)c4c3)ccc21. The molecule has 9 heteroatoms. The molecule has 1 N–H and O–H groups in total. The molecular weight excluding hydrogens is 358 g/mol. The van der Waals surface area contributed by atoms with Gasteiger partial charge in [0.25, 0.3) is 10.0 Å². The summed E-state index contributed by atoms with van der Waals surface area (Å²) >= 11 is 0. The molecule has 0 radical (unpaired) electrons. The molecule has 1 aromatic heterocycles. The van der Waals surface area contributed by atoms with Gasteiger partial charge in [-0.3, -0.25) is 14.1 Å². The fraction of sp³-hybridized carbons (Fsp3) is 0.176. The third-order valence-corrected chi connectivity index (χ3v) is 5.86. The van der Waals surface area contributed by atoms with E-state index in [1.807, 2.05) is 0 Å². The van der Waals surface area contributed by atoms with Crippen molar-refractivity contribution in [1.29, 1.82) is 0 Å². The minimum atomic E-state index is -3.84. The first-order valence-electron chi connectivity index (χ1n) is 7.78. The van der Waals surface area contributed by atoms with Crippen molar-refractivity contribution in [3.05, 3.63) is 52.5 Å². The third-order valence-electron chi connectivity index (χ3n) is 4.48. The Kier molecular flexibility index (Phi) is 3.45. The highest BCUT2D eigenvalue weighted by Gasteiger charge is 2.26. The van der Waals surface area contributed by atoms with Gasteiger partial charge in [-0.25, -0.2) is 13.2 Å². The van der Waals surface area contributed by atoms with Gasteiger partial charge in [0.2, 0.25) is 5.91 Å². The number of rotatable bonds is 3. The number of nitrogens with zero attached hydrogens (tertiary/aromatic N) is 2. The summed E-state index contributed by atoms with van der Waals surface area (Å²) in [6, 6.07) is 9.17.